The third-order valence-corrected chi connectivity index (χ3v) is 9.50. The maximum absolute atomic E-state index is 6.13. The van der Waals surface area contributed by atoms with E-state index in [0.29, 0.717) is 0 Å². The van der Waals surface area contributed by atoms with Gasteiger partial charge in [0.15, 0.2) is 0 Å². The van der Waals surface area contributed by atoms with E-state index < -0.39 is 0 Å². The molecule has 45 heavy (non-hydrogen) atoms. The highest BCUT2D eigenvalue weighted by molar-refractivity contribution is 6.26. The van der Waals surface area contributed by atoms with Crippen molar-refractivity contribution in [1.82, 2.24) is 0 Å². The number of benzene rings is 8. The van der Waals surface area contributed by atoms with Gasteiger partial charge in [-0.15, -0.1) is 0 Å². The van der Waals surface area contributed by atoms with Crippen molar-refractivity contribution < 1.29 is 8.83 Å². The van der Waals surface area contributed by atoms with Gasteiger partial charge in [0.2, 0.25) is 0 Å². The SMILES string of the molecule is Cc1ccc2c3ccc(-c4ccc5oc6ccccc6c5c4)cc3c3cc(-c4ccc5oc6ccccc6c5c4)ccc3c2c1. The van der Waals surface area contributed by atoms with E-state index in [0.717, 1.165) is 43.9 Å². The van der Waals surface area contributed by atoms with Gasteiger partial charge in [-0.05, 0) is 110 Å². The molecule has 2 aromatic heterocycles. The average Bonchev–Trinajstić information content (AvgIpc) is 3.65. The van der Waals surface area contributed by atoms with E-state index >= 15 is 0 Å². The summed E-state index contributed by atoms with van der Waals surface area (Å²) in [5, 5.41) is 12.2. The molecule has 0 saturated heterocycles. The molecule has 0 fully saturated rings. The topological polar surface area (TPSA) is 26.3 Å². The lowest BCUT2D eigenvalue weighted by molar-refractivity contribution is 0.668. The molecule has 0 aliphatic rings. The fourth-order valence-electron chi connectivity index (χ4n) is 7.29. The Morgan fingerprint density at radius 2 is 0.667 bits per heavy atom. The van der Waals surface area contributed by atoms with Crippen molar-refractivity contribution >= 4 is 76.2 Å². The highest BCUT2D eigenvalue weighted by Gasteiger charge is 2.14. The lowest BCUT2D eigenvalue weighted by Crippen LogP contribution is -1.87. The number of fused-ring (bicyclic) bond motifs is 12. The molecule has 10 aromatic rings. The Hall–Kier alpha value is -5.86. The molecule has 0 atom stereocenters. The second-order valence-corrected chi connectivity index (χ2v) is 12.2. The van der Waals surface area contributed by atoms with Crippen molar-refractivity contribution in [1.29, 1.82) is 0 Å². The van der Waals surface area contributed by atoms with Crippen LogP contribution < -0.4 is 0 Å². The van der Waals surface area contributed by atoms with Crippen LogP contribution in [0.5, 0.6) is 0 Å². The van der Waals surface area contributed by atoms with Crippen LogP contribution in [0.3, 0.4) is 0 Å². The Kier molecular flexibility index (Phi) is 4.95. The summed E-state index contributed by atoms with van der Waals surface area (Å²) in [4.78, 5) is 0. The first-order valence-electron chi connectivity index (χ1n) is 15.4. The number of rotatable bonds is 2. The predicted octanol–water partition coefficient (Wildman–Crippen LogP) is 12.6. The summed E-state index contributed by atoms with van der Waals surface area (Å²) in [6.07, 6.45) is 0. The van der Waals surface area contributed by atoms with Gasteiger partial charge in [0.25, 0.3) is 0 Å². The summed E-state index contributed by atoms with van der Waals surface area (Å²) < 4.78 is 12.2. The van der Waals surface area contributed by atoms with Gasteiger partial charge in [0.05, 0.1) is 0 Å². The van der Waals surface area contributed by atoms with Gasteiger partial charge in [0, 0.05) is 21.5 Å². The fraction of sp³-hybridized carbons (Fsp3) is 0.0233. The van der Waals surface area contributed by atoms with Gasteiger partial charge in [-0.2, -0.15) is 0 Å². The highest BCUT2D eigenvalue weighted by Crippen LogP contribution is 2.41. The molecular weight excluding hydrogens is 548 g/mol. The number of hydrogen-bond donors (Lipinski definition) is 0. The molecule has 0 bridgehead atoms. The molecule has 0 radical (unpaired) electrons. The molecule has 0 aliphatic carbocycles. The van der Waals surface area contributed by atoms with E-state index in [4.69, 9.17) is 8.83 Å². The van der Waals surface area contributed by atoms with Crippen LogP contribution in [0.15, 0.2) is 148 Å². The van der Waals surface area contributed by atoms with Crippen LogP contribution >= 0.6 is 0 Å². The molecule has 0 unspecified atom stereocenters. The normalized spacial score (nSPS) is 12.1. The summed E-state index contributed by atoms with van der Waals surface area (Å²) in [7, 11) is 0. The number of hydrogen-bond acceptors (Lipinski definition) is 2. The minimum Gasteiger partial charge on any atom is -0.456 e. The third-order valence-electron chi connectivity index (χ3n) is 9.50. The first-order valence-corrected chi connectivity index (χ1v) is 15.4. The third kappa shape index (κ3) is 3.63. The summed E-state index contributed by atoms with van der Waals surface area (Å²) in [5.74, 6) is 0. The Morgan fingerprint density at radius 3 is 1.20 bits per heavy atom. The molecule has 0 amide bonds. The van der Waals surface area contributed by atoms with Crippen LogP contribution in [0.1, 0.15) is 5.56 Å². The molecular formula is C43H26O2. The first kappa shape index (κ1) is 24.6. The standard InChI is InChI=1S/C43H26O2/c1-25-10-15-30-31-16-11-26(28-13-18-42-38(23-28)33-6-2-4-8-40(33)44-42)21-36(31)37-22-27(12-17-32(37)35(30)20-25)29-14-19-43-39(24-29)34-7-3-5-9-41(34)45-43/h2-24H,1H3. The van der Waals surface area contributed by atoms with Crippen molar-refractivity contribution in [2.75, 3.05) is 0 Å². The van der Waals surface area contributed by atoms with Gasteiger partial charge < -0.3 is 8.83 Å². The molecule has 0 saturated carbocycles. The maximum Gasteiger partial charge on any atom is 0.135 e. The van der Waals surface area contributed by atoms with Gasteiger partial charge in [-0.3, -0.25) is 0 Å². The molecule has 0 aliphatic heterocycles. The number of furan rings is 2. The summed E-state index contributed by atoms with van der Waals surface area (Å²) in [6, 6.07) is 50.3. The quantitative estimate of drug-likeness (QED) is 0.192. The molecule has 2 heterocycles. The molecule has 2 nitrogen and oxygen atoms in total. The molecule has 10 rings (SSSR count). The zero-order valence-corrected chi connectivity index (χ0v) is 24.6. The van der Waals surface area contributed by atoms with Crippen LogP contribution in [0.2, 0.25) is 0 Å². The Balaban J connectivity index is 1.23. The second kappa shape index (κ2) is 9.07. The van der Waals surface area contributed by atoms with Crippen LogP contribution in [0, 0.1) is 6.92 Å². The van der Waals surface area contributed by atoms with Crippen LogP contribution in [-0.2, 0) is 0 Å². The minimum absolute atomic E-state index is 0.916. The lowest BCUT2D eigenvalue weighted by Gasteiger charge is -2.14. The molecule has 210 valence electrons. The Morgan fingerprint density at radius 1 is 0.289 bits per heavy atom. The average molecular weight is 575 g/mol. The number of para-hydroxylation sites is 2. The van der Waals surface area contributed by atoms with Crippen LogP contribution in [0.4, 0.5) is 0 Å². The van der Waals surface area contributed by atoms with Crippen LogP contribution in [-0.4, -0.2) is 0 Å². The predicted molar refractivity (Wildman–Crippen MR) is 189 cm³/mol. The Bertz CT molecular complexity index is 2830. The van der Waals surface area contributed by atoms with E-state index in [1.165, 1.54) is 60.1 Å². The van der Waals surface area contributed by atoms with Gasteiger partial charge in [0.1, 0.15) is 22.3 Å². The zero-order chi connectivity index (χ0) is 29.6. The van der Waals surface area contributed by atoms with Crippen molar-refractivity contribution in [3.63, 3.8) is 0 Å². The van der Waals surface area contributed by atoms with E-state index in [-0.39, 0.29) is 0 Å². The highest BCUT2D eigenvalue weighted by atomic mass is 16.3. The van der Waals surface area contributed by atoms with Crippen LogP contribution in [0.25, 0.3) is 98.4 Å². The first-order chi connectivity index (χ1) is 22.2. The number of aryl methyl sites for hydroxylation is 1. The summed E-state index contributed by atoms with van der Waals surface area (Å²) in [6.45, 7) is 2.17. The zero-order valence-electron chi connectivity index (χ0n) is 24.6. The summed E-state index contributed by atoms with van der Waals surface area (Å²) >= 11 is 0. The van der Waals surface area contributed by atoms with Crippen molar-refractivity contribution in [2.24, 2.45) is 0 Å². The van der Waals surface area contributed by atoms with E-state index in [1.54, 1.807) is 0 Å². The van der Waals surface area contributed by atoms with E-state index in [2.05, 4.69) is 122 Å². The molecule has 2 heteroatoms. The van der Waals surface area contributed by atoms with Gasteiger partial charge >= 0.3 is 0 Å². The van der Waals surface area contributed by atoms with Gasteiger partial charge in [-0.25, -0.2) is 0 Å². The largest absolute Gasteiger partial charge is 0.456 e. The molecule has 0 N–H and O–H groups in total. The lowest BCUT2D eigenvalue weighted by atomic mass is 9.89. The molecule has 8 aromatic carbocycles. The Labute approximate surface area is 258 Å². The smallest absolute Gasteiger partial charge is 0.135 e. The monoisotopic (exact) mass is 574 g/mol. The van der Waals surface area contributed by atoms with E-state index in [9.17, 15) is 0 Å². The van der Waals surface area contributed by atoms with E-state index in [1.807, 2.05) is 24.3 Å². The van der Waals surface area contributed by atoms with Crippen molar-refractivity contribution in [2.45, 2.75) is 6.92 Å². The fourth-order valence-corrected chi connectivity index (χ4v) is 7.29. The second-order valence-electron chi connectivity index (χ2n) is 12.2. The van der Waals surface area contributed by atoms with Crippen molar-refractivity contribution in [3.8, 4) is 22.3 Å². The minimum atomic E-state index is 0.916. The van der Waals surface area contributed by atoms with Crippen molar-refractivity contribution in [3.05, 3.63) is 145 Å². The summed E-state index contributed by atoms with van der Waals surface area (Å²) in [5.41, 5.74) is 9.69. The molecule has 0 spiro atoms. The maximum atomic E-state index is 6.13. The van der Waals surface area contributed by atoms with Gasteiger partial charge in [-0.1, -0.05) is 96.6 Å².